The highest BCUT2D eigenvalue weighted by atomic mass is 32.1. The van der Waals surface area contributed by atoms with Crippen molar-refractivity contribution in [2.45, 2.75) is 12.5 Å². The number of fused-ring (bicyclic) bond motifs is 1. The Morgan fingerprint density at radius 3 is 2.75 bits per heavy atom. The first-order chi connectivity index (χ1) is 9.76. The monoisotopic (exact) mass is 287 g/mol. The number of aliphatic hydroxyl groups excluding tert-OH is 1. The van der Waals surface area contributed by atoms with Crippen LogP contribution in [0, 0.1) is 0 Å². The molecule has 0 fully saturated rings. The fourth-order valence-corrected chi connectivity index (χ4v) is 2.90. The van der Waals surface area contributed by atoms with Crippen molar-refractivity contribution in [1.29, 1.82) is 0 Å². The molecule has 1 atom stereocenters. The van der Waals surface area contributed by atoms with E-state index in [4.69, 9.17) is 4.74 Å². The Morgan fingerprint density at radius 1 is 1.20 bits per heavy atom. The number of rotatable bonds is 4. The van der Waals surface area contributed by atoms with Gasteiger partial charge in [-0.3, -0.25) is 0 Å². The second-order valence-electron chi connectivity index (χ2n) is 4.30. The molecule has 1 unspecified atom stereocenters. The highest BCUT2D eigenvalue weighted by Crippen LogP contribution is 2.25. The Labute approximate surface area is 119 Å². The molecule has 0 saturated carbocycles. The van der Waals surface area contributed by atoms with Crippen molar-refractivity contribution in [3.63, 3.8) is 0 Å². The van der Waals surface area contributed by atoms with Crippen LogP contribution < -0.4 is 4.74 Å². The first kappa shape index (κ1) is 13.0. The van der Waals surface area contributed by atoms with Gasteiger partial charge in [0.05, 0.1) is 28.0 Å². The van der Waals surface area contributed by atoms with Crippen molar-refractivity contribution in [1.82, 2.24) is 15.2 Å². The van der Waals surface area contributed by atoms with Gasteiger partial charge in [-0.2, -0.15) is 0 Å². The van der Waals surface area contributed by atoms with Crippen LogP contribution in [-0.4, -0.2) is 27.4 Å². The summed E-state index contributed by atoms with van der Waals surface area (Å²) in [5.41, 5.74) is 1.48. The molecule has 2 aromatic heterocycles. The molecule has 1 aromatic carbocycles. The molecule has 3 aromatic rings. The molecular weight excluding hydrogens is 274 g/mol. The average molecular weight is 287 g/mol. The number of thiazole rings is 1. The van der Waals surface area contributed by atoms with Crippen LogP contribution in [0.4, 0.5) is 0 Å². The maximum atomic E-state index is 10.2. The van der Waals surface area contributed by atoms with E-state index >= 15 is 0 Å². The van der Waals surface area contributed by atoms with Gasteiger partial charge >= 0.3 is 0 Å². The summed E-state index contributed by atoms with van der Waals surface area (Å²) in [7, 11) is 1.53. The number of benzene rings is 1. The van der Waals surface area contributed by atoms with Crippen molar-refractivity contribution in [3.05, 3.63) is 47.1 Å². The average Bonchev–Trinajstić information content (AvgIpc) is 2.89. The zero-order valence-corrected chi connectivity index (χ0v) is 11.7. The normalized spacial score (nSPS) is 12.5. The molecule has 5 nitrogen and oxygen atoms in total. The van der Waals surface area contributed by atoms with Crippen LogP contribution in [0.5, 0.6) is 5.88 Å². The predicted octanol–water partition coefficient (Wildman–Crippen LogP) is 2.37. The van der Waals surface area contributed by atoms with E-state index in [-0.39, 0.29) is 0 Å². The molecule has 102 valence electrons. The van der Waals surface area contributed by atoms with Crippen LogP contribution in [0.3, 0.4) is 0 Å². The van der Waals surface area contributed by atoms with Crippen molar-refractivity contribution >= 4 is 21.6 Å². The lowest BCUT2D eigenvalue weighted by Gasteiger charge is -2.07. The predicted molar refractivity (Wildman–Crippen MR) is 76.9 cm³/mol. The molecule has 0 radical (unpaired) electrons. The van der Waals surface area contributed by atoms with Crippen molar-refractivity contribution in [2.75, 3.05) is 7.11 Å². The van der Waals surface area contributed by atoms with Gasteiger partial charge in [0.1, 0.15) is 6.10 Å². The first-order valence-electron chi connectivity index (χ1n) is 6.16. The maximum Gasteiger partial charge on any atom is 0.233 e. The number of para-hydroxylation sites is 1. The van der Waals surface area contributed by atoms with E-state index < -0.39 is 6.10 Å². The standard InChI is InChI=1S/C14H13N3O2S/c1-19-13-7-6-9(16-17-13)11(18)8-14-15-10-4-2-3-5-12(10)20-14/h2-7,11,18H,8H2,1H3. The Hall–Kier alpha value is -2.05. The summed E-state index contributed by atoms with van der Waals surface area (Å²) in [5.74, 6) is 0.431. The second kappa shape index (κ2) is 5.52. The van der Waals surface area contributed by atoms with Gasteiger partial charge < -0.3 is 9.84 Å². The van der Waals surface area contributed by atoms with Gasteiger partial charge in [-0.25, -0.2) is 4.98 Å². The number of aliphatic hydroxyl groups is 1. The molecule has 0 aliphatic carbocycles. The summed E-state index contributed by atoms with van der Waals surface area (Å²) in [6.07, 6.45) is -0.283. The molecular formula is C14H13N3O2S. The molecule has 3 rings (SSSR count). The Balaban J connectivity index is 1.78. The van der Waals surface area contributed by atoms with Crippen molar-refractivity contribution in [3.8, 4) is 5.88 Å². The zero-order chi connectivity index (χ0) is 13.9. The van der Waals surface area contributed by atoms with Gasteiger partial charge in [0.15, 0.2) is 0 Å². The number of hydrogen-bond donors (Lipinski definition) is 1. The highest BCUT2D eigenvalue weighted by Gasteiger charge is 2.14. The highest BCUT2D eigenvalue weighted by molar-refractivity contribution is 7.18. The van der Waals surface area contributed by atoms with E-state index in [1.807, 2.05) is 24.3 Å². The maximum absolute atomic E-state index is 10.2. The van der Waals surface area contributed by atoms with E-state index in [0.29, 0.717) is 18.0 Å². The lowest BCUT2D eigenvalue weighted by atomic mass is 10.2. The molecule has 0 bridgehead atoms. The zero-order valence-electron chi connectivity index (χ0n) is 10.9. The van der Waals surface area contributed by atoms with Gasteiger partial charge in [-0.15, -0.1) is 21.5 Å². The van der Waals surface area contributed by atoms with Gasteiger partial charge in [-0.05, 0) is 18.2 Å². The summed E-state index contributed by atoms with van der Waals surface area (Å²) in [6.45, 7) is 0. The third-order valence-corrected chi connectivity index (χ3v) is 3.98. The molecule has 0 spiro atoms. The molecule has 0 saturated heterocycles. The number of methoxy groups -OCH3 is 1. The Morgan fingerprint density at radius 2 is 2.05 bits per heavy atom. The lowest BCUT2D eigenvalue weighted by molar-refractivity contribution is 0.172. The Kier molecular flexibility index (Phi) is 3.58. The van der Waals surface area contributed by atoms with Crippen molar-refractivity contribution in [2.24, 2.45) is 0 Å². The van der Waals surface area contributed by atoms with Crippen LogP contribution in [0.2, 0.25) is 0 Å². The largest absolute Gasteiger partial charge is 0.480 e. The third-order valence-electron chi connectivity index (χ3n) is 2.92. The SMILES string of the molecule is COc1ccc(C(O)Cc2nc3ccccc3s2)nn1. The molecule has 20 heavy (non-hydrogen) atoms. The van der Waals surface area contributed by atoms with Crippen LogP contribution >= 0.6 is 11.3 Å². The van der Waals surface area contributed by atoms with Crippen LogP contribution in [0.1, 0.15) is 16.8 Å². The third kappa shape index (κ3) is 2.61. The summed E-state index contributed by atoms with van der Waals surface area (Å²) in [5, 5.41) is 18.9. The van der Waals surface area contributed by atoms with Gasteiger partial charge in [0.2, 0.25) is 5.88 Å². The molecule has 0 amide bonds. The molecule has 1 N–H and O–H groups in total. The van der Waals surface area contributed by atoms with E-state index in [1.54, 1.807) is 23.5 Å². The van der Waals surface area contributed by atoms with Crippen LogP contribution in [0.15, 0.2) is 36.4 Å². The lowest BCUT2D eigenvalue weighted by Crippen LogP contribution is -2.05. The van der Waals surface area contributed by atoms with Crippen LogP contribution in [0.25, 0.3) is 10.2 Å². The number of aromatic nitrogens is 3. The van der Waals surface area contributed by atoms with E-state index in [1.165, 1.54) is 7.11 Å². The van der Waals surface area contributed by atoms with E-state index in [9.17, 15) is 5.11 Å². The molecule has 2 heterocycles. The second-order valence-corrected chi connectivity index (χ2v) is 5.41. The summed E-state index contributed by atoms with van der Waals surface area (Å²) >= 11 is 1.58. The summed E-state index contributed by atoms with van der Waals surface area (Å²) in [6, 6.07) is 11.3. The topological polar surface area (TPSA) is 68.1 Å². The minimum Gasteiger partial charge on any atom is -0.480 e. The fraction of sp³-hybridized carbons (Fsp3) is 0.214. The first-order valence-corrected chi connectivity index (χ1v) is 6.98. The van der Waals surface area contributed by atoms with Gasteiger partial charge in [0, 0.05) is 12.5 Å². The van der Waals surface area contributed by atoms with Gasteiger partial charge in [0.25, 0.3) is 0 Å². The Bertz CT molecular complexity index is 679. The smallest absolute Gasteiger partial charge is 0.233 e. The minimum atomic E-state index is -0.714. The van der Waals surface area contributed by atoms with Crippen LogP contribution in [-0.2, 0) is 6.42 Å². The molecule has 6 heteroatoms. The minimum absolute atomic E-state index is 0.431. The quantitative estimate of drug-likeness (QED) is 0.798. The summed E-state index contributed by atoms with van der Waals surface area (Å²) < 4.78 is 6.06. The number of hydrogen-bond acceptors (Lipinski definition) is 6. The fourth-order valence-electron chi connectivity index (χ4n) is 1.89. The number of ether oxygens (including phenoxy) is 1. The summed E-state index contributed by atoms with van der Waals surface area (Å²) in [4.78, 5) is 4.50. The molecule has 0 aliphatic rings. The van der Waals surface area contributed by atoms with E-state index in [0.717, 1.165) is 15.2 Å². The number of nitrogens with zero attached hydrogens (tertiary/aromatic N) is 3. The van der Waals surface area contributed by atoms with Gasteiger partial charge in [-0.1, -0.05) is 12.1 Å². The van der Waals surface area contributed by atoms with E-state index in [2.05, 4.69) is 15.2 Å². The molecule has 0 aliphatic heterocycles. The van der Waals surface area contributed by atoms with Crippen molar-refractivity contribution < 1.29 is 9.84 Å².